The van der Waals surface area contributed by atoms with Crippen LogP contribution in [0.1, 0.15) is 37.2 Å². The number of nitrogens with zero attached hydrogens (tertiary/aromatic N) is 3. The minimum Gasteiger partial charge on any atom is -0.466 e. The first-order valence-electron chi connectivity index (χ1n) is 7.35. The van der Waals surface area contributed by atoms with Crippen molar-refractivity contribution in [2.45, 2.75) is 33.2 Å². The van der Waals surface area contributed by atoms with Gasteiger partial charge in [0.25, 0.3) is 5.91 Å². The molecule has 0 spiro atoms. The fourth-order valence-electron chi connectivity index (χ4n) is 2.60. The number of aromatic nitrogens is 2. The van der Waals surface area contributed by atoms with Gasteiger partial charge in [0.15, 0.2) is 0 Å². The standard InChI is InChI=1S/C14H22N4O3/c1-3-18-12(11(15)9-16-18)13(19)17-7-5-10(6-8-17)14(20)21-4-2/h9-10H,3-8,15H2,1-2H3. The molecular weight excluding hydrogens is 272 g/mol. The number of rotatable bonds is 4. The maximum absolute atomic E-state index is 12.5. The molecular formula is C14H22N4O3. The molecule has 21 heavy (non-hydrogen) atoms. The number of hydrogen-bond acceptors (Lipinski definition) is 5. The summed E-state index contributed by atoms with van der Waals surface area (Å²) in [5.74, 6) is -0.390. The van der Waals surface area contributed by atoms with Gasteiger partial charge in [-0.3, -0.25) is 14.3 Å². The number of piperidine rings is 1. The van der Waals surface area contributed by atoms with Crippen LogP contribution in [-0.4, -0.2) is 46.3 Å². The van der Waals surface area contributed by atoms with Crippen LogP contribution in [0.3, 0.4) is 0 Å². The van der Waals surface area contributed by atoms with E-state index in [1.165, 1.54) is 6.20 Å². The number of nitrogen functional groups attached to an aromatic ring is 1. The molecule has 0 atom stereocenters. The van der Waals surface area contributed by atoms with E-state index in [-0.39, 0.29) is 17.8 Å². The van der Waals surface area contributed by atoms with Gasteiger partial charge >= 0.3 is 5.97 Å². The monoisotopic (exact) mass is 294 g/mol. The van der Waals surface area contributed by atoms with E-state index in [9.17, 15) is 9.59 Å². The number of likely N-dealkylation sites (tertiary alicyclic amines) is 1. The lowest BCUT2D eigenvalue weighted by Crippen LogP contribution is -2.41. The highest BCUT2D eigenvalue weighted by molar-refractivity contribution is 5.97. The van der Waals surface area contributed by atoms with Crippen molar-refractivity contribution >= 4 is 17.6 Å². The van der Waals surface area contributed by atoms with Crippen LogP contribution in [0.15, 0.2) is 6.20 Å². The van der Waals surface area contributed by atoms with Crippen LogP contribution in [0, 0.1) is 5.92 Å². The first-order valence-corrected chi connectivity index (χ1v) is 7.35. The summed E-state index contributed by atoms with van der Waals surface area (Å²) < 4.78 is 6.63. The number of aryl methyl sites for hydroxylation is 1. The zero-order chi connectivity index (χ0) is 15.4. The largest absolute Gasteiger partial charge is 0.466 e. The molecule has 116 valence electrons. The average molecular weight is 294 g/mol. The number of hydrogen-bond donors (Lipinski definition) is 1. The summed E-state index contributed by atoms with van der Waals surface area (Å²) in [5, 5.41) is 4.09. The fourth-order valence-corrected chi connectivity index (χ4v) is 2.60. The van der Waals surface area contributed by atoms with Gasteiger partial charge in [-0.2, -0.15) is 5.10 Å². The van der Waals surface area contributed by atoms with Crippen molar-refractivity contribution in [3.8, 4) is 0 Å². The highest BCUT2D eigenvalue weighted by Gasteiger charge is 2.30. The topological polar surface area (TPSA) is 90.4 Å². The van der Waals surface area contributed by atoms with Crippen LogP contribution in [0.4, 0.5) is 5.69 Å². The number of nitrogens with two attached hydrogens (primary N) is 1. The molecule has 2 N–H and O–H groups in total. The van der Waals surface area contributed by atoms with Gasteiger partial charge in [-0.25, -0.2) is 0 Å². The van der Waals surface area contributed by atoms with Crippen molar-refractivity contribution in [1.82, 2.24) is 14.7 Å². The Morgan fingerprint density at radius 1 is 1.38 bits per heavy atom. The Kier molecular flexibility index (Phi) is 4.82. The number of esters is 1. The number of ether oxygens (including phenoxy) is 1. The van der Waals surface area contributed by atoms with Gasteiger partial charge in [0, 0.05) is 19.6 Å². The molecule has 7 heteroatoms. The molecule has 1 aliphatic heterocycles. The van der Waals surface area contributed by atoms with E-state index in [4.69, 9.17) is 10.5 Å². The molecule has 0 aromatic carbocycles. The molecule has 1 aromatic heterocycles. The predicted octanol–water partition coefficient (Wildman–Crippen LogP) is 0.900. The molecule has 0 aliphatic carbocycles. The minimum atomic E-state index is -0.164. The lowest BCUT2D eigenvalue weighted by molar-refractivity contribution is -0.149. The molecule has 1 aliphatic rings. The normalized spacial score (nSPS) is 16.0. The van der Waals surface area contributed by atoms with E-state index < -0.39 is 0 Å². The van der Waals surface area contributed by atoms with Crippen molar-refractivity contribution in [2.75, 3.05) is 25.4 Å². The SMILES string of the molecule is CCOC(=O)C1CCN(C(=O)c2c(N)cnn2CC)CC1. The summed E-state index contributed by atoms with van der Waals surface area (Å²) in [7, 11) is 0. The van der Waals surface area contributed by atoms with Crippen LogP contribution in [0.25, 0.3) is 0 Å². The second-order valence-electron chi connectivity index (χ2n) is 5.08. The van der Waals surface area contributed by atoms with E-state index >= 15 is 0 Å². The van der Waals surface area contributed by atoms with E-state index in [1.807, 2.05) is 6.92 Å². The molecule has 2 rings (SSSR count). The Balaban J connectivity index is 2.00. The van der Waals surface area contributed by atoms with Crippen molar-refractivity contribution in [2.24, 2.45) is 5.92 Å². The molecule has 7 nitrogen and oxygen atoms in total. The Hall–Kier alpha value is -2.05. The van der Waals surface area contributed by atoms with E-state index in [1.54, 1.807) is 16.5 Å². The molecule has 1 fully saturated rings. The smallest absolute Gasteiger partial charge is 0.309 e. The molecule has 1 aromatic rings. The first-order chi connectivity index (χ1) is 10.1. The molecule has 2 heterocycles. The Bertz CT molecular complexity index is 518. The molecule has 1 amide bonds. The van der Waals surface area contributed by atoms with E-state index in [0.717, 1.165) is 0 Å². The predicted molar refractivity (Wildman–Crippen MR) is 77.6 cm³/mol. The second kappa shape index (κ2) is 6.60. The van der Waals surface area contributed by atoms with E-state index in [0.29, 0.717) is 50.5 Å². The first kappa shape index (κ1) is 15.3. The zero-order valence-corrected chi connectivity index (χ0v) is 12.5. The Morgan fingerprint density at radius 3 is 2.62 bits per heavy atom. The van der Waals surface area contributed by atoms with Crippen molar-refractivity contribution in [1.29, 1.82) is 0 Å². The summed E-state index contributed by atoms with van der Waals surface area (Å²) in [6.45, 7) is 5.77. The number of anilines is 1. The highest BCUT2D eigenvalue weighted by atomic mass is 16.5. The van der Waals surface area contributed by atoms with Crippen LogP contribution in [0.2, 0.25) is 0 Å². The van der Waals surface area contributed by atoms with Gasteiger partial charge in [-0.1, -0.05) is 0 Å². The third kappa shape index (κ3) is 3.17. The average Bonchev–Trinajstić information content (AvgIpc) is 2.88. The third-order valence-corrected chi connectivity index (χ3v) is 3.77. The van der Waals surface area contributed by atoms with Crippen LogP contribution >= 0.6 is 0 Å². The quantitative estimate of drug-likeness (QED) is 0.833. The van der Waals surface area contributed by atoms with E-state index in [2.05, 4.69) is 5.10 Å². The fraction of sp³-hybridized carbons (Fsp3) is 0.643. The van der Waals surface area contributed by atoms with Crippen LogP contribution in [0.5, 0.6) is 0 Å². The maximum atomic E-state index is 12.5. The van der Waals surface area contributed by atoms with Gasteiger partial charge in [0.2, 0.25) is 0 Å². The summed E-state index contributed by atoms with van der Waals surface area (Å²) in [6.07, 6.45) is 2.76. The van der Waals surface area contributed by atoms with Gasteiger partial charge in [0.1, 0.15) is 5.69 Å². The second-order valence-corrected chi connectivity index (χ2v) is 5.08. The van der Waals surface area contributed by atoms with Gasteiger partial charge < -0.3 is 15.4 Å². The van der Waals surface area contributed by atoms with Crippen LogP contribution < -0.4 is 5.73 Å². The molecule has 0 bridgehead atoms. The molecule has 0 radical (unpaired) electrons. The Morgan fingerprint density at radius 2 is 2.05 bits per heavy atom. The van der Waals surface area contributed by atoms with Crippen LogP contribution in [-0.2, 0) is 16.1 Å². The molecule has 1 saturated heterocycles. The highest BCUT2D eigenvalue weighted by Crippen LogP contribution is 2.22. The zero-order valence-electron chi connectivity index (χ0n) is 12.5. The van der Waals surface area contributed by atoms with Crippen molar-refractivity contribution in [3.05, 3.63) is 11.9 Å². The summed E-state index contributed by atoms with van der Waals surface area (Å²) in [4.78, 5) is 26.0. The number of carbonyl (C=O) groups excluding carboxylic acids is 2. The number of carbonyl (C=O) groups is 2. The molecule has 0 unspecified atom stereocenters. The van der Waals surface area contributed by atoms with Crippen molar-refractivity contribution < 1.29 is 14.3 Å². The van der Waals surface area contributed by atoms with Gasteiger partial charge in [-0.05, 0) is 26.7 Å². The minimum absolute atomic E-state index is 0.109. The Labute approximate surface area is 124 Å². The maximum Gasteiger partial charge on any atom is 0.309 e. The van der Waals surface area contributed by atoms with Gasteiger partial charge in [0.05, 0.1) is 24.4 Å². The summed E-state index contributed by atoms with van der Waals surface area (Å²) in [6, 6.07) is 0. The number of amides is 1. The molecule has 0 saturated carbocycles. The summed E-state index contributed by atoms with van der Waals surface area (Å²) >= 11 is 0. The lowest BCUT2D eigenvalue weighted by atomic mass is 9.97. The van der Waals surface area contributed by atoms with Gasteiger partial charge in [-0.15, -0.1) is 0 Å². The lowest BCUT2D eigenvalue weighted by Gasteiger charge is -2.31. The van der Waals surface area contributed by atoms with Crippen molar-refractivity contribution in [3.63, 3.8) is 0 Å². The third-order valence-electron chi connectivity index (χ3n) is 3.77. The summed E-state index contributed by atoms with van der Waals surface area (Å²) in [5.41, 5.74) is 6.67.